The second-order valence-corrected chi connectivity index (χ2v) is 4.99. The third kappa shape index (κ3) is 3.73. The molecule has 1 unspecified atom stereocenters. The molecule has 0 N–H and O–H groups in total. The minimum atomic E-state index is -0.403. The molecular formula is C13H17ClN2O3. The van der Waals surface area contributed by atoms with Crippen molar-refractivity contribution in [3.8, 4) is 0 Å². The van der Waals surface area contributed by atoms with Gasteiger partial charge < -0.3 is 0 Å². The van der Waals surface area contributed by atoms with E-state index in [1.807, 2.05) is 0 Å². The molecule has 0 spiro atoms. The van der Waals surface area contributed by atoms with E-state index in [0.717, 1.165) is 0 Å². The van der Waals surface area contributed by atoms with Crippen molar-refractivity contribution in [2.45, 2.75) is 33.6 Å². The number of nitro groups is 1. The summed E-state index contributed by atoms with van der Waals surface area (Å²) in [6.45, 7) is 4.84. The van der Waals surface area contributed by atoms with Crippen LogP contribution in [0.4, 0.5) is 5.69 Å². The summed E-state index contributed by atoms with van der Waals surface area (Å²) in [5.74, 6) is 0.188. The molecule has 5 nitrogen and oxygen atoms in total. The molecule has 6 heteroatoms. The summed E-state index contributed by atoms with van der Waals surface area (Å²) in [5.41, 5.74) is 1.74. The van der Waals surface area contributed by atoms with Crippen LogP contribution in [0.2, 0.25) is 0 Å². The summed E-state index contributed by atoms with van der Waals surface area (Å²) in [5, 5.41) is 11.0. The van der Waals surface area contributed by atoms with Crippen molar-refractivity contribution in [2.75, 3.05) is 5.88 Å². The normalized spacial score (nSPS) is 12.2. The number of aryl methyl sites for hydroxylation is 1. The van der Waals surface area contributed by atoms with Crippen LogP contribution in [0.1, 0.15) is 30.2 Å². The van der Waals surface area contributed by atoms with Crippen molar-refractivity contribution < 1.29 is 9.72 Å². The summed E-state index contributed by atoms with van der Waals surface area (Å²) in [6, 6.07) is 0. The largest absolute Gasteiger partial charge is 0.300 e. The van der Waals surface area contributed by atoms with Crippen molar-refractivity contribution in [3.63, 3.8) is 0 Å². The van der Waals surface area contributed by atoms with E-state index in [2.05, 4.69) is 4.98 Å². The molecule has 1 aromatic rings. The number of carbonyl (C=O) groups excluding carboxylic acids is 1. The molecule has 0 fully saturated rings. The Labute approximate surface area is 117 Å². The van der Waals surface area contributed by atoms with Gasteiger partial charge in [0.2, 0.25) is 0 Å². The van der Waals surface area contributed by atoms with Gasteiger partial charge in [-0.1, -0.05) is 0 Å². The Bertz CT molecular complexity index is 503. The van der Waals surface area contributed by atoms with Gasteiger partial charge in [-0.3, -0.25) is 19.9 Å². The van der Waals surface area contributed by atoms with Crippen molar-refractivity contribution in [3.05, 3.63) is 33.1 Å². The van der Waals surface area contributed by atoms with Crippen LogP contribution in [0.5, 0.6) is 0 Å². The van der Waals surface area contributed by atoms with E-state index in [1.165, 1.54) is 13.1 Å². The number of ketones is 1. The minimum Gasteiger partial charge on any atom is -0.300 e. The zero-order chi connectivity index (χ0) is 14.6. The molecule has 0 radical (unpaired) electrons. The monoisotopic (exact) mass is 284 g/mol. The van der Waals surface area contributed by atoms with Crippen molar-refractivity contribution in [1.82, 2.24) is 4.98 Å². The van der Waals surface area contributed by atoms with Gasteiger partial charge in [-0.15, -0.1) is 11.6 Å². The summed E-state index contributed by atoms with van der Waals surface area (Å²) in [4.78, 5) is 26.4. The Balaban J connectivity index is 3.11. The second kappa shape index (κ2) is 6.61. The molecule has 1 heterocycles. The fourth-order valence-corrected chi connectivity index (χ4v) is 2.33. The summed E-state index contributed by atoms with van der Waals surface area (Å²) in [7, 11) is 0. The fraction of sp³-hybridized carbons (Fsp3) is 0.538. The molecule has 0 saturated heterocycles. The van der Waals surface area contributed by atoms with E-state index in [1.54, 1.807) is 13.8 Å². The Morgan fingerprint density at radius 2 is 2.16 bits per heavy atom. The fourth-order valence-electron chi connectivity index (χ4n) is 2.07. The van der Waals surface area contributed by atoms with Crippen molar-refractivity contribution in [1.29, 1.82) is 0 Å². The number of pyridine rings is 1. The smallest absolute Gasteiger partial charge is 0.278 e. The first-order chi connectivity index (χ1) is 8.88. The topological polar surface area (TPSA) is 73.1 Å². The van der Waals surface area contributed by atoms with Gasteiger partial charge in [0, 0.05) is 29.1 Å². The number of nitrogens with zero attached hydrogens (tertiary/aromatic N) is 2. The van der Waals surface area contributed by atoms with Gasteiger partial charge in [0.05, 0.1) is 10.6 Å². The van der Waals surface area contributed by atoms with Crippen LogP contribution in [0.3, 0.4) is 0 Å². The van der Waals surface area contributed by atoms with Gasteiger partial charge in [-0.05, 0) is 33.6 Å². The first kappa shape index (κ1) is 15.6. The van der Waals surface area contributed by atoms with E-state index in [-0.39, 0.29) is 17.4 Å². The average molecular weight is 285 g/mol. The maximum Gasteiger partial charge on any atom is 0.278 e. The van der Waals surface area contributed by atoms with Crippen LogP contribution >= 0.6 is 11.6 Å². The zero-order valence-corrected chi connectivity index (χ0v) is 12.0. The third-order valence-corrected chi connectivity index (χ3v) is 3.45. The number of hydrogen-bond acceptors (Lipinski definition) is 4. The number of Topliss-reactive ketones (excluding diaryl/α,β-unsaturated/α-hetero) is 1. The van der Waals surface area contributed by atoms with E-state index in [9.17, 15) is 14.9 Å². The van der Waals surface area contributed by atoms with E-state index < -0.39 is 4.92 Å². The highest BCUT2D eigenvalue weighted by atomic mass is 35.5. The molecular weight excluding hydrogens is 268 g/mol. The van der Waals surface area contributed by atoms with Gasteiger partial charge in [0.1, 0.15) is 5.78 Å². The van der Waals surface area contributed by atoms with Crippen LogP contribution in [0.25, 0.3) is 0 Å². The highest BCUT2D eigenvalue weighted by molar-refractivity contribution is 6.18. The molecule has 0 saturated carbocycles. The molecule has 0 bridgehead atoms. The summed E-state index contributed by atoms with van der Waals surface area (Å²) < 4.78 is 0. The van der Waals surface area contributed by atoms with E-state index in [0.29, 0.717) is 35.5 Å². The van der Waals surface area contributed by atoms with Crippen LogP contribution in [0, 0.1) is 29.9 Å². The maximum absolute atomic E-state index is 11.5. The lowest BCUT2D eigenvalue weighted by Crippen LogP contribution is -2.16. The Morgan fingerprint density at radius 1 is 1.53 bits per heavy atom. The predicted molar refractivity (Wildman–Crippen MR) is 73.6 cm³/mol. The lowest BCUT2D eigenvalue weighted by atomic mass is 9.93. The molecule has 1 aromatic heterocycles. The van der Waals surface area contributed by atoms with Crippen LogP contribution in [0.15, 0.2) is 6.20 Å². The molecule has 0 amide bonds. The van der Waals surface area contributed by atoms with Crippen molar-refractivity contribution >= 4 is 23.1 Å². The minimum absolute atomic E-state index is 0.0325. The molecule has 0 aliphatic heterocycles. The SMILES string of the molecule is CC(=O)C(CCCl)Cc1ncc(C)c([N+](=O)[O-])c1C. The highest BCUT2D eigenvalue weighted by Crippen LogP contribution is 2.26. The van der Waals surface area contributed by atoms with Gasteiger partial charge in [0.25, 0.3) is 5.69 Å². The zero-order valence-electron chi connectivity index (χ0n) is 11.3. The number of alkyl halides is 1. The lowest BCUT2D eigenvalue weighted by Gasteiger charge is -2.13. The maximum atomic E-state index is 11.5. The quantitative estimate of drug-likeness (QED) is 0.457. The second-order valence-electron chi connectivity index (χ2n) is 4.61. The lowest BCUT2D eigenvalue weighted by molar-refractivity contribution is -0.386. The standard InChI is InChI=1S/C13H17ClN2O3/c1-8-7-15-12(9(2)13(8)16(18)19)6-11(4-5-14)10(3)17/h7,11H,4-6H2,1-3H3. The predicted octanol–water partition coefficient (Wildman–Crippen LogP) is 2.98. The molecule has 19 heavy (non-hydrogen) atoms. The van der Waals surface area contributed by atoms with E-state index in [4.69, 9.17) is 11.6 Å². The van der Waals surface area contributed by atoms with E-state index >= 15 is 0 Å². The molecule has 104 valence electrons. The van der Waals surface area contributed by atoms with Gasteiger partial charge >= 0.3 is 0 Å². The van der Waals surface area contributed by atoms with Gasteiger partial charge in [0.15, 0.2) is 0 Å². The van der Waals surface area contributed by atoms with Crippen LogP contribution in [-0.4, -0.2) is 21.6 Å². The first-order valence-electron chi connectivity index (χ1n) is 6.04. The van der Waals surface area contributed by atoms with Crippen LogP contribution in [-0.2, 0) is 11.2 Å². The molecule has 1 rings (SSSR count). The Kier molecular flexibility index (Phi) is 5.42. The highest BCUT2D eigenvalue weighted by Gasteiger charge is 2.22. The molecule has 0 aliphatic carbocycles. The first-order valence-corrected chi connectivity index (χ1v) is 6.57. The number of carbonyl (C=O) groups is 1. The molecule has 0 aromatic carbocycles. The number of halogens is 1. The molecule has 0 aliphatic rings. The number of rotatable bonds is 6. The summed E-state index contributed by atoms with van der Waals surface area (Å²) >= 11 is 5.67. The van der Waals surface area contributed by atoms with Gasteiger partial charge in [-0.25, -0.2) is 0 Å². The van der Waals surface area contributed by atoms with Gasteiger partial charge in [-0.2, -0.15) is 0 Å². The van der Waals surface area contributed by atoms with Crippen LogP contribution < -0.4 is 0 Å². The summed E-state index contributed by atoms with van der Waals surface area (Å²) in [6.07, 6.45) is 2.44. The Hall–Kier alpha value is -1.49. The average Bonchev–Trinajstić information content (AvgIpc) is 2.31. The number of aromatic nitrogens is 1. The number of hydrogen-bond donors (Lipinski definition) is 0. The van der Waals surface area contributed by atoms with Crippen molar-refractivity contribution in [2.24, 2.45) is 5.92 Å². The third-order valence-electron chi connectivity index (χ3n) is 3.23. The Morgan fingerprint density at radius 3 is 2.63 bits per heavy atom. The molecule has 1 atom stereocenters.